The molecular formula is C14H24N4. The molecule has 0 aliphatic carbocycles. The molecule has 2 rings (SSSR count). The van der Waals surface area contributed by atoms with Gasteiger partial charge in [-0.15, -0.1) is 5.10 Å². The summed E-state index contributed by atoms with van der Waals surface area (Å²) in [7, 11) is 0. The van der Waals surface area contributed by atoms with Gasteiger partial charge in [0.25, 0.3) is 0 Å². The third-order valence-corrected chi connectivity index (χ3v) is 3.51. The molecule has 1 aliphatic heterocycles. The number of rotatable bonds is 5. The van der Waals surface area contributed by atoms with Crippen LogP contribution in [-0.4, -0.2) is 29.8 Å². The largest absolute Gasteiger partial charge is 0.355 e. The molecule has 0 radical (unpaired) electrons. The Balaban J connectivity index is 1.94. The zero-order chi connectivity index (χ0) is 13.0. The van der Waals surface area contributed by atoms with Gasteiger partial charge in [0.05, 0.1) is 5.69 Å². The van der Waals surface area contributed by atoms with Crippen LogP contribution in [0.3, 0.4) is 0 Å². The van der Waals surface area contributed by atoms with Crippen molar-refractivity contribution in [2.24, 2.45) is 17.6 Å². The van der Waals surface area contributed by atoms with E-state index < -0.39 is 0 Å². The molecule has 100 valence electrons. The summed E-state index contributed by atoms with van der Waals surface area (Å²) < 4.78 is 0. The molecule has 0 amide bonds. The number of nitrogens with zero attached hydrogens (tertiary/aromatic N) is 3. The van der Waals surface area contributed by atoms with Crippen LogP contribution in [0.1, 0.15) is 32.4 Å². The second-order valence-electron chi connectivity index (χ2n) is 5.66. The Labute approximate surface area is 110 Å². The van der Waals surface area contributed by atoms with Crippen molar-refractivity contribution in [1.29, 1.82) is 0 Å². The highest BCUT2D eigenvalue weighted by molar-refractivity contribution is 5.38. The van der Waals surface area contributed by atoms with Crippen LogP contribution in [0.5, 0.6) is 0 Å². The number of nitrogens with two attached hydrogens (primary N) is 1. The Morgan fingerprint density at radius 3 is 2.83 bits per heavy atom. The highest BCUT2D eigenvalue weighted by atomic mass is 15.3. The molecule has 1 atom stereocenters. The van der Waals surface area contributed by atoms with E-state index in [1.54, 1.807) is 0 Å². The van der Waals surface area contributed by atoms with Crippen LogP contribution in [0, 0.1) is 11.8 Å². The predicted octanol–water partition coefficient (Wildman–Crippen LogP) is 1.85. The SMILES string of the molecule is CC(C)Cc1ccc(N2CCC(CCN)C2)nn1. The van der Waals surface area contributed by atoms with Gasteiger partial charge in [-0.25, -0.2) is 0 Å². The third kappa shape index (κ3) is 3.42. The average molecular weight is 248 g/mol. The lowest BCUT2D eigenvalue weighted by molar-refractivity contribution is 0.546. The molecule has 4 nitrogen and oxygen atoms in total. The number of aromatic nitrogens is 2. The Bertz CT molecular complexity index is 361. The maximum absolute atomic E-state index is 5.61. The van der Waals surface area contributed by atoms with Gasteiger partial charge < -0.3 is 10.6 Å². The van der Waals surface area contributed by atoms with Gasteiger partial charge in [-0.2, -0.15) is 5.10 Å². The van der Waals surface area contributed by atoms with Crippen molar-refractivity contribution < 1.29 is 0 Å². The van der Waals surface area contributed by atoms with E-state index in [9.17, 15) is 0 Å². The molecule has 0 aromatic carbocycles. The first-order chi connectivity index (χ1) is 8.69. The van der Waals surface area contributed by atoms with Gasteiger partial charge in [0, 0.05) is 13.1 Å². The van der Waals surface area contributed by atoms with E-state index >= 15 is 0 Å². The Morgan fingerprint density at radius 2 is 2.22 bits per heavy atom. The molecule has 1 aromatic heterocycles. The Kier molecular flexibility index (Phi) is 4.53. The van der Waals surface area contributed by atoms with Gasteiger partial charge in [-0.3, -0.25) is 0 Å². The van der Waals surface area contributed by atoms with Crippen LogP contribution in [-0.2, 0) is 6.42 Å². The van der Waals surface area contributed by atoms with Crippen molar-refractivity contribution in [3.05, 3.63) is 17.8 Å². The van der Waals surface area contributed by atoms with E-state index in [0.29, 0.717) is 5.92 Å². The second kappa shape index (κ2) is 6.14. The maximum Gasteiger partial charge on any atom is 0.151 e. The Hall–Kier alpha value is -1.16. The van der Waals surface area contributed by atoms with E-state index in [1.165, 1.54) is 6.42 Å². The van der Waals surface area contributed by atoms with Gasteiger partial charge in [0.1, 0.15) is 0 Å². The summed E-state index contributed by atoms with van der Waals surface area (Å²) in [4.78, 5) is 2.33. The van der Waals surface area contributed by atoms with E-state index in [4.69, 9.17) is 5.73 Å². The van der Waals surface area contributed by atoms with Gasteiger partial charge in [-0.05, 0) is 49.8 Å². The molecule has 2 N–H and O–H groups in total. The topological polar surface area (TPSA) is 55.0 Å². The minimum Gasteiger partial charge on any atom is -0.355 e. The van der Waals surface area contributed by atoms with Gasteiger partial charge >= 0.3 is 0 Å². The van der Waals surface area contributed by atoms with Crippen molar-refractivity contribution in [3.63, 3.8) is 0 Å². The summed E-state index contributed by atoms with van der Waals surface area (Å²) in [6, 6.07) is 4.22. The quantitative estimate of drug-likeness (QED) is 0.864. The molecule has 0 saturated carbocycles. The predicted molar refractivity (Wildman–Crippen MR) is 74.6 cm³/mol. The number of anilines is 1. The number of hydrogen-bond donors (Lipinski definition) is 1. The van der Waals surface area contributed by atoms with Crippen LogP contribution in [0.25, 0.3) is 0 Å². The summed E-state index contributed by atoms with van der Waals surface area (Å²) in [6.07, 6.45) is 3.35. The highest BCUT2D eigenvalue weighted by Crippen LogP contribution is 2.23. The fourth-order valence-corrected chi connectivity index (χ4v) is 2.56. The van der Waals surface area contributed by atoms with E-state index in [2.05, 4.69) is 41.1 Å². The summed E-state index contributed by atoms with van der Waals surface area (Å²) in [5, 5.41) is 8.67. The van der Waals surface area contributed by atoms with Crippen molar-refractivity contribution in [1.82, 2.24) is 10.2 Å². The first kappa shape index (κ1) is 13.3. The summed E-state index contributed by atoms with van der Waals surface area (Å²) in [5.74, 6) is 2.38. The fourth-order valence-electron chi connectivity index (χ4n) is 2.56. The number of hydrogen-bond acceptors (Lipinski definition) is 4. The zero-order valence-corrected chi connectivity index (χ0v) is 11.5. The summed E-state index contributed by atoms with van der Waals surface area (Å²) >= 11 is 0. The third-order valence-electron chi connectivity index (χ3n) is 3.51. The van der Waals surface area contributed by atoms with Gasteiger partial charge in [-0.1, -0.05) is 13.8 Å². The first-order valence-corrected chi connectivity index (χ1v) is 6.96. The highest BCUT2D eigenvalue weighted by Gasteiger charge is 2.22. The van der Waals surface area contributed by atoms with Crippen LogP contribution < -0.4 is 10.6 Å². The lowest BCUT2D eigenvalue weighted by Gasteiger charge is -2.17. The maximum atomic E-state index is 5.61. The van der Waals surface area contributed by atoms with Crippen molar-refractivity contribution in [3.8, 4) is 0 Å². The van der Waals surface area contributed by atoms with E-state index in [0.717, 1.165) is 49.9 Å². The van der Waals surface area contributed by atoms with Crippen LogP contribution in [0.2, 0.25) is 0 Å². The average Bonchev–Trinajstić information content (AvgIpc) is 2.78. The van der Waals surface area contributed by atoms with Crippen molar-refractivity contribution in [2.75, 3.05) is 24.5 Å². The van der Waals surface area contributed by atoms with Gasteiger partial charge in [0.15, 0.2) is 5.82 Å². The molecule has 1 aliphatic rings. The van der Waals surface area contributed by atoms with Crippen LogP contribution in [0.4, 0.5) is 5.82 Å². The van der Waals surface area contributed by atoms with Crippen LogP contribution in [0.15, 0.2) is 12.1 Å². The fraction of sp³-hybridized carbons (Fsp3) is 0.714. The lowest BCUT2D eigenvalue weighted by atomic mass is 10.1. The molecule has 1 saturated heterocycles. The Morgan fingerprint density at radius 1 is 1.39 bits per heavy atom. The minimum absolute atomic E-state index is 0.630. The van der Waals surface area contributed by atoms with Crippen molar-refractivity contribution >= 4 is 5.82 Å². The molecule has 4 heteroatoms. The van der Waals surface area contributed by atoms with Crippen molar-refractivity contribution in [2.45, 2.75) is 33.1 Å². The summed E-state index contributed by atoms with van der Waals surface area (Å²) in [5.41, 5.74) is 6.70. The molecule has 1 unspecified atom stereocenters. The van der Waals surface area contributed by atoms with E-state index in [-0.39, 0.29) is 0 Å². The van der Waals surface area contributed by atoms with Gasteiger partial charge in [0.2, 0.25) is 0 Å². The smallest absolute Gasteiger partial charge is 0.151 e. The lowest BCUT2D eigenvalue weighted by Crippen LogP contribution is -2.22. The molecule has 0 bridgehead atoms. The molecule has 18 heavy (non-hydrogen) atoms. The molecule has 1 fully saturated rings. The minimum atomic E-state index is 0.630. The standard InChI is InChI=1S/C14H24N4/c1-11(2)9-13-3-4-14(17-16-13)18-8-6-12(10-18)5-7-15/h3-4,11-12H,5-10,15H2,1-2H3. The molecule has 0 spiro atoms. The first-order valence-electron chi connectivity index (χ1n) is 6.96. The summed E-state index contributed by atoms with van der Waals surface area (Å²) in [6.45, 7) is 7.36. The zero-order valence-electron chi connectivity index (χ0n) is 11.5. The van der Waals surface area contributed by atoms with Crippen LogP contribution >= 0.6 is 0 Å². The molecule has 2 heterocycles. The van der Waals surface area contributed by atoms with E-state index in [1.807, 2.05) is 0 Å². The molecular weight excluding hydrogens is 224 g/mol. The monoisotopic (exact) mass is 248 g/mol. The normalized spacial score (nSPS) is 19.8. The second-order valence-corrected chi connectivity index (χ2v) is 5.66. The molecule has 1 aromatic rings.